The van der Waals surface area contributed by atoms with Crippen LogP contribution >= 0.6 is 0 Å². The second-order valence-corrected chi connectivity index (χ2v) is 7.38. The summed E-state index contributed by atoms with van der Waals surface area (Å²) < 4.78 is 13.6. The number of rotatable bonds is 4. The van der Waals surface area contributed by atoms with E-state index in [1.807, 2.05) is 42.2 Å². The van der Waals surface area contributed by atoms with Gasteiger partial charge in [0.05, 0.1) is 18.4 Å². The number of hydrogen-bond acceptors (Lipinski definition) is 3. The highest BCUT2D eigenvalue weighted by Crippen LogP contribution is 2.26. The van der Waals surface area contributed by atoms with Crippen LogP contribution in [0.5, 0.6) is 0 Å². The predicted molar refractivity (Wildman–Crippen MR) is 107 cm³/mol. The molecule has 1 fully saturated rings. The van der Waals surface area contributed by atoms with E-state index in [2.05, 4.69) is 22.0 Å². The van der Waals surface area contributed by atoms with E-state index >= 15 is 0 Å². The molecular weight excluding hydrogens is 355 g/mol. The van der Waals surface area contributed by atoms with E-state index in [9.17, 15) is 9.18 Å². The average molecular weight is 378 g/mol. The van der Waals surface area contributed by atoms with E-state index in [-0.39, 0.29) is 17.8 Å². The first-order valence-electron chi connectivity index (χ1n) is 9.40. The SMILES string of the molecule is Cc1cccc(N2C[C@@H](C)N(Cc3cn[nH]c3-c3cccc(F)c3)CC2=O)c1. The molecule has 1 aliphatic heterocycles. The van der Waals surface area contributed by atoms with Crippen LogP contribution in [0.15, 0.2) is 54.7 Å². The number of carbonyl (C=O) groups is 1. The molecule has 1 atom stereocenters. The van der Waals surface area contributed by atoms with Gasteiger partial charge in [-0.1, -0.05) is 24.3 Å². The van der Waals surface area contributed by atoms with Gasteiger partial charge in [0.25, 0.3) is 0 Å². The summed E-state index contributed by atoms with van der Waals surface area (Å²) in [6, 6.07) is 14.7. The Morgan fingerprint density at radius 3 is 2.82 bits per heavy atom. The van der Waals surface area contributed by atoms with Crippen LogP contribution in [0.2, 0.25) is 0 Å². The number of amides is 1. The lowest BCUT2D eigenvalue weighted by Gasteiger charge is -2.39. The summed E-state index contributed by atoms with van der Waals surface area (Å²) in [6.07, 6.45) is 1.75. The van der Waals surface area contributed by atoms with Gasteiger partial charge in [-0.2, -0.15) is 5.10 Å². The van der Waals surface area contributed by atoms with Crippen molar-refractivity contribution >= 4 is 11.6 Å². The standard InChI is InChI=1S/C22H23FN4O/c1-15-5-3-8-20(9-15)27-12-16(2)26(14-21(27)28)13-18-11-24-25-22(18)17-6-4-7-19(23)10-17/h3-11,16H,12-14H2,1-2H3,(H,24,25)/t16-/m1/s1. The molecule has 0 aliphatic carbocycles. The average Bonchev–Trinajstić information content (AvgIpc) is 3.12. The normalized spacial score (nSPS) is 17.9. The largest absolute Gasteiger partial charge is 0.310 e. The van der Waals surface area contributed by atoms with Crippen LogP contribution in [-0.2, 0) is 11.3 Å². The van der Waals surface area contributed by atoms with Gasteiger partial charge in [-0.15, -0.1) is 0 Å². The molecule has 1 aromatic heterocycles. The van der Waals surface area contributed by atoms with Gasteiger partial charge in [-0.05, 0) is 43.7 Å². The van der Waals surface area contributed by atoms with Crippen LogP contribution in [-0.4, -0.2) is 40.1 Å². The quantitative estimate of drug-likeness (QED) is 0.752. The maximum Gasteiger partial charge on any atom is 0.241 e. The Balaban J connectivity index is 1.52. The smallest absolute Gasteiger partial charge is 0.241 e. The Bertz CT molecular complexity index is 999. The number of benzene rings is 2. The highest BCUT2D eigenvalue weighted by Gasteiger charge is 2.31. The van der Waals surface area contributed by atoms with Gasteiger partial charge in [0.1, 0.15) is 5.82 Å². The summed E-state index contributed by atoms with van der Waals surface area (Å²) in [4.78, 5) is 16.8. The van der Waals surface area contributed by atoms with Crippen molar-refractivity contribution in [1.82, 2.24) is 15.1 Å². The fourth-order valence-corrected chi connectivity index (χ4v) is 3.70. The second kappa shape index (κ2) is 7.56. The lowest BCUT2D eigenvalue weighted by atomic mass is 10.1. The molecule has 0 unspecified atom stereocenters. The molecule has 28 heavy (non-hydrogen) atoms. The van der Waals surface area contributed by atoms with Crippen LogP contribution in [0.25, 0.3) is 11.3 Å². The summed E-state index contributed by atoms with van der Waals surface area (Å²) >= 11 is 0. The van der Waals surface area contributed by atoms with Crippen molar-refractivity contribution in [2.45, 2.75) is 26.4 Å². The molecule has 6 heteroatoms. The molecule has 0 bridgehead atoms. The highest BCUT2D eigenvalue weighted by atomic mass is 19.1. The summed E-state index contributed by atoms with van der Waals surface area (Å²) in [5, 5.41) is 7.11. The van der Waals surface area contributed by atoms with E-state index in [1.165, 1.54) is 12.1 Å². The number of aryl methyl sites for hydroxylation is 1. The van der Waals surface area contributed by atoms with Gasteiger partial charge in [-0.25, -0.2) is 4.39 Å². The van der Waals surface area contributed by atoms with Crippen molar-refractivity contribution in [3.63, 3.8) is 0 Å². The molecular formula is C22H23FN4O. The Labute approximate surface area is 163 Å². The zero-order chi connectivity index (χ0) is 19.7. The Kier molecular flexibility index (Phi) is 4.96. The van der Waals surface area contributed by atoms with Crippen LogP contribution in [0.4, 0.5) is 10.1 Å². The third-order valence-corrected chi connectivity index (χ3v) is 5.23. The van der Waals surface area contributed by atoms with Crippen molar-refractivity contribution < 1.29 is 9.18 Å². The molecule has 0 saturated carbocycles. The Morgan fingerprint density at radius 1 is 1.21 bits per heavy atom. The van der Waals surface area contributed by atoms with E-state index in [4.69, 9.17) is 0 Å². The molecule has 0 radical (unpaired) electrons. The zero-order valence-corrected chi connectivity index (χ0v) is 16.0. The number of nitrogens with one attached hydrogen (secondary N) is 1. The van der Waals surface area contributed by atoms with Crippen LogP contribution in [0, 0.1) is 12.7 Å². The Morgan fingerprint density at radius 2 is 2.04 bits per heavy atom. The monoisotopic (exact) mass is 378 g/mol. The third-order valence-electron chi connectivity index (χ3n) is 5.23. The molecule has 5 nitrogen and oxygen atoms in total. The van der Waals surface area contributed by atoms with Crippen LogP contribution in [0.1, 0.15) is 18.1 Å². The van der Waals surface area contributed by atoms with Crippen molar-refractivity contribution in [1.29, 1.82) is 0 Å². The van der Waals surface area contributed by atoms with Gasteiger partial charge < -0.3 is 4.90 Å². The maximum absolute atomic E-state index is 13.6. The van der Waals surface area contributed by atoms with Crippen molar-refractivity contribution in [3.8, 4) is 11.3 Å². The fraction of sp³-hybridized carbons (Fsp3) is 0.273. The summed E-state index contributed by atoms with van der Waals surface area (Å²) in [7, 11) is 0. The lowest BCUT2D eigenvalue weighted by Crippen LogP contribution is -2.54. The third kappa shape index (κ3) is 3.68. The molecule has 1 aliphatic rings. The highest BCUT2D eigenvalue weighted by molar-refractivity contribution is 5.95. The number of aromatic nitrogens is 2. The molecule has 4 rings (SSSR count). The van der Waals surface area contributed by atoms with Gasteiger partial charge in [0, 0.05) is 35.9 Å². The first-order chi connectivity index (χ1) is 13.5. The molecule has 2 heterocycles. The minimum Gasteiger partial charge on any atom is -0.310 e. The van der Waals surface area contributed by atoms with E-state index in [1.54, 1.807) is 12.3 Å². The van der Waals surface area contributed by atoms with Crippen LogP contribution < -0.4 is 4.90 Å². The van der Waals surface area contributed by atoms with Gasteiger partial charge >= 0.3 is 0 Å². The zero-order valence-electron chi connectivity index (χ0n) is 16.0. The Hall–Kier alpha value is -2.99. The van der Waals surface area contributed by atoms with Gasteiger partial charge in [-0.3, -0.25) is 14.8 Å². The molecule has 3 aromatic rings. The van der Waals surface area contributed by atoms with Crippen molar-refractivity contribution in [2.24, 2.45) is 0 Å². The molecule has 1 amide bonds. The number of piperazine rings is 1. The van der Waals surface area contributed by atoms with Crippen molar-refractivity contribution in [3.05, 3.63) is 71.7 Å². The number of nitrogens with zero attached hydrogens (tertiary/aromatic N) is 3. The van der Waals surface area contributed by atoms with E-state index < -0.39 is 0 Å². The number of anilines is 1. The van der Waals surface area contributed by atoms with Gasteiger partial charge in [0.15, 0.2) is 0 Å². The first kappa shape index (κ1) is 18.4. The number of aromatic amines is 1. The number of halogens is 1. The lowest BCUT2D eigenvalue weighted by molar-refractivity contribution is -0.122. The minimum absolute atomic E-state index is 0.0829. The van der Waals surface area contributed by atoms with E-state index in [0.29, 0.717) is 19.6 Å². The molecule has 1 saturated heterocycles. The topological polar surface area (TPSA) is 52.2 Å². The molecule has 144 valence electrons. The minimum atomic E-state index is -0.284. The molecule has 1 N–H and O–H groups in total. The molecule has 2 aromatic carbocycles. The molecule has 0 spiro atoms. The summed E-state index contributed by atoms with van der Waals surface area (Å²) in [6.45, 7) is 5.70. The second-order valence-electron chi connectivity index (χ2n) is 7.38. The summed E-state index contributed by atoms with van der Waals surface area (Å²) in [5.74, 6) is -0.201. The van der Waals surface area contributed by atoms with Crippen molar-refractivity contribution in [2.75, 3.05) is 18.0 Å². The van der Waals surface area contributed by atoms with E-state index in [0.717, 1.165) is 28.1 Å². The number of carbonyl (C=O) groups excluding carboxylic acids is 1. The predicted octanol–water partition coefficient (Wildman–Crippen LogP) is 3.76. The van der Waals surface area contributed by atoms with Crippen LogP contribution in [0.3, 0.4) is 0 Å². The van der Waals surface area contributed by atoms with Gasteiger partial charge in [0.2, 0.25) is 5.91 Å². The maximum atomic E-state index is 13.6. The first-order valence-corrected chi connectivity index (χ1v) is 9.40. The number of hydrogen-bond donors (Lipinski definition) is 1. The summed E-state index contributed by atoms with van der Waals surface area (Å²) in [5.41, 5.74) is 4.58. The number of H-pyrrole nitrogens is 1. The fourth-order valence-electron chi connectivity index (χ4n) is 3.70.